The molecule has 12 nitrogen and oxygen atoms in total. The number of carbonyl (C=O) groups is 1. The molecule has 1 aromatic rings. The summed E-state index contributed by atoms with van der Waals surface area (Å²) in [5.74, 6) is -2.65. The molecule has 0 unspecified atom stereocenters. The van der Waals surface area contributed by atoms with Gasteiger partial charge in [-0.3, -0.25) is 4.79 Å². The van der Waals surface area contributed by atoms with E-state index in [0.29, 0.717) is 0 Å². The van der Waals surface area contributed by atoms with Gasteiger partial charge in [-0.25, -0.2) is 0 Å². The molecule has 5 N–H and O–H groups in total. The fraction of sp³-hybridized carbons (Fsp3) is 0.500. The molecule has 1 aromatic carbocycles. The number of hydrogen-bond donors (Lipinski definition) is 5. The molecule has 1 fully saturated rings. The molecule has 148 valence electrons. The molecule has 14 heteroatoms. The number of phenolic OH excluding ortho intramolecular Hbond substituents is 1. The number of amides is 1. The van der Waals surface area contributed by atoms with Gasteiger partial charge < -0.3 is 54.1 Å². The Morgan fingerprint density at radius 3 is 2.50 bits per heavy atom. The summed E-state index contributed by atoms with van der Waals surface area (Å²) in [6.45, 7) is -0.216. The van der Waals surface area contributed by atoms with Gasteiger partial charge in [0.2, 0.25) is 12.5 Å². The summed E-state index contributed by atoms with van der Waals surface area (Å²) in [5, 5.41) is 43.3. The number of benzene rings is 1. The number of aromatic hydroxyl groups is 1. The number of carbonyl (C=O) groups excluding carboxylic acids is 1. The fourth-order valence-corrected chi connectivity index (χ4v) is 4.39. The number of fused-ring (bicyclic) bond motifs is 4. The minimum atomic E-state index is -5.61. The predicted octanol–water partition coefficient (Wildman–Crippen LogP) is -3.75. The molecule has 0 aromatic heterocycles. The van der Waals surface area contributed by atoms with Gasteiger partial charge in [-0.2, -0.15) is 0 Å². The van der Waals surface area contributed by atoms with Gasteiger partial charge >= 0.3 is 37.7 Å². The standard InChI is InChI=1S/C14H16NO11P.Ca/c16-8-5-3-1-4-12(25-2-24-4)9(17)6(3)14(20)15-7(5)13(11(19)10(8)18)26-27(21,22)23;/h1,5,7-8,10-11,13,16-19H,2H2,(H,15,20)(H2,21,22,23);/q;+2/p-2/t5-,7-,8-,10+,11-,13+;/m1./s1. The smallest absolute Gasteiger partial charge is 0.790 e. The third kappa shape index (κ3) is 3.41. The summed E-state index contributed by atoms with van der Waals surface area (Å²) in [6, 6.07) is -0.0821. The molecule has 2 heterocycles. The first-order chi connectivity index (χ1) is 12.6. The predicted molar refractivity (Wildman–Crippen MR) is 84.5 cm³/mol. The Kier molecular flexibility index (Phi) is 5.94. The van der Waals surface area contributed by atoms with Crippen LogP contribution in [0, 0.1) is 0 Å². The van der Waals surface area contributed by atoms with Crippen molar-refractivity contribution < 1.29 is 53.6 Å². The maximum Gasteiger partial charge on any atom is 2.00 e. The number of hydrogen-bond acceptors (Lipinski definition) is 11. The van der Waals surface area contributed by atoms with Gasteiger partial charge in [0.05, 0.1) is 25.5 Å². The molecular formula is C14H14CaNO11P. The van der Waals surface area contributed by atoms with Gasteiger partial charge in [-0.15, -0.1) is 0 Å². The molecule has 0 saturated heterocycles. The normalized spacial score (nSPS) is 33.4. The maximum absolute atomic E-state index is 12.5. The van der Waals surface area contributed by atoms with Crippen molar-refractivity contribution in [2.45, 2.75) is 36.4 Å². The Morgan fingerprint density at radius 1 is 1.18 bits per heavy atom. The number of phosphoric ester groups is 1. The van der Waals surface area contributed by atoms with Gasteiger partial charge in [0.25, 0.3) is 5.91 Å². The zero-order chi connectivity index (χ0) is 19.7. The summed E-state index contributed by atoms with van der Waals surface area (Å²) in [7, 11) is -5.61. The summed E-state index contributed by atoms with van der Waals surface area (Å²) in [4.78, 5) is 34.6. The zero-order valence-corrected chi connectivity index (χ0v) is 17.2. The molecule has 0 radical (unpaired) electrons. The topological polar surface area (TPSA) is 201 Å². The first kappa shape index (κ1) is 22.0. The first-order valence-corrected chi connectivity index (χ1v) is 9.27. The quantitative estimate of drug-likeness (QED) is 0.222. The second-order valence-corrected chi connectivity index (χ2v) is 7.54. The summed E-state index contributed by atoms with van der Waals surface area (Å²) in [5.41, 5.74) is -0.251. The average molecular weight is 443 g/mol. The second kappa shape index (κ2) is 7.55. The van der Waals surface area contributed by atoms with Crippen molar-refractivity contribution in [1.82, 2.24) is 5.32 Å². The Balaban J connectivity index is 0.00000225. The van der Waals surface area contributed by atoms with Gasteiger partial charge in [0.1, 0.15) is 18.3 Å². The molecule has 4 rings (SSSR count). The van der Waals surface area contributed by atoms with Gasteiger partial charge in [0.15, 0.2) is 11.5 Å². The van der Waals surface area contributed by atoms with Gasteiger partial charge in [0, 0.05) is 5.92 Å². The van der Waals surface area contributed by atoms with E-state index in [4.69, 9.17) is 9.47 Å². The van der Waals surface area contributed by atoms with E-state index in [2.05, 4.69) is 9.84 Å². The van der Waals surface area contributed by atoms with Gasteiger partial charge in [-0.1, -0.05) is 0 Å². The van der Waals surface area contributed by atoms with E-state index in [1.165, 1.54) is 6.07 Å². The fourth-order valence-electron chi connectivity index (χ4n) is 3.83. The first-order valence-electron chi connectivity index (χ1n) is 7.81. The third-order valence-electron chi connectivity index (χ3n) is 4.95. The van der Waals surface area contributed by atoms with Crippen molar-refractivity contribution in [2.75, 3.05) is 6.79 Å². The molecule has 1 saturated carbocycles. The Hall–Kier alpha value is -0.660. The van der Waals surface area contributed by atoms with Crippen LogP contribution in [0.3, 0.4) is 0 Å². The van der Waals surface area contributed by atoms with Crippen molar-refractivity contribution in [3.63, 3.8) is 0 Å². The molecular weight excluding hydrogens is 429 g/mol. The minimum absolute atomic E-state index is 0. The van der Waals surface area contributed by atoms with Crippen LogP contribution in [0.5, 0.6) is 17.2 Å². The van der Waals surface area contributed by atoms with Gasteiger partial charge in [-0.05, 0) is 11.6 Å². The van der Waals surface area contributed by atoms with Crippen LogP contribution in [0.2, 0.25) is 0 Å². The molecule has 0 bridgehead atoms. The van der Waals surface area contributed by atoms with Crippen molar-refractivity contribution in [1.29, 1.82) is 0 Å². The van der Waals surface area contributed by atoms with E-state index < -0.39 is 55.9 Å². The third-order valence-corrected chi connectivity index (χ3v) is 5.45. The van der Waals surface area contributed by atoms with Crippen molar-refractivity contribution in [3.8, 4) is 17.2 Å². The van der Waals surface area contributed by atoms with Crippen LogP contribution in [0.1, 0.15) is 21.8 Å². The van der Waals surface area contributed by atoms with Crippen LogP contribution >= 0.6 is 7.82 Å². The maximum atomic E-state index is 12.5. The second-order valence-electron chi connectivity index (χ2n) is 6.44. The van der Waals surface area contributed by atoms with E-state index in [9.17, 15) is 39.6 Å². The molecule has 6 atom stereocenters. The summed E-state index contributed by atoms with van der Waals surface area (Å²) < 4.78 is 25.7. The van der Waals surface area contributed by atoms with Crippen LogP contribution < -0.4 is 24.6 Å². The van der Waals surface area contributed by atoms with E-state index in [1.807, 2.05) is 0 Å². The van der Waals surface area contributed by atoms with Crippen LogP contribution in [0.25, 0.3) is 0 Å². The van der Waals surface area contributed by atoms with Crippen molar-refractivity contribution in [2.24, 2.45) is 0 Å². The van der Waals surface area contributed by atoms with Crippen LogP contribution in [-0.4, -0.2) is 101 Å². The van der Waals surface area contributed by atoms with Crippen LogP contribution in [0.15, 0.2) is 6.07 Å². The number of aliphatic hydroxyl groups is 3. The molecule has 0 spiro atoms. The number of rotatable bonds is 2. The molecule has 28 heavy (non-hydrogen) atoms. The zero-order valence-electron chi connectivity index (χ0n) is 14.0. The molecule has 3 aliphatic rings. The summed E-state index contributed by atoms with van der Waals surface area (Å²) in [6.07, 6.45) is -7.39. The Morgan fingerprint density at radius 2 is 1.86 bits per heavy atom. The van der Waals surface area contributed by atoms with Crippen LogP contribution in [-0.2, 0) is 9.09 Å². The van der Waals surface area contributed by atoms with Crippen LogP contribution in [0.4, 0.5) is 0 Å². The van der Waals surface area contributed by atoms with Crippen molar-refractivity contribution >= 4 is 51.5 Å². The largest absolute Gasteiger partial charge is 2.00 e. The van der Waals surface area contributed by atoms with Crippen molar-refractivity contribution in [3.05, 3.63) is 17.2 Å². The number of nitrogens with one attached hydrogen (secondary N) is 1. The molecule has 1 amide bonds. The minimum Gasteiger partial charge on any atom is -0.790 e. The number of phenols is 1. The number of aliphatic hydroxyl groups excluding tert-OH is 3. The Bertz CT molecular complexity index is 860. The SMILES string of the molecule is O=C1N[C@H]2[C@H](OP(=O)([O-])[O-])[C@H](O)[C@@H](O)[C@H](O)[C@@H]2c2cc3c(c(O)c21)OCO3.[Ca+2]. The number of ether oxygens (including phenoxy) is 2. The van der Waals surface area contributed by atoms with E-state index in [0.717, 1.165) is 0 Å². The number of phosphoric acid groups is 1. The molecule has 1 aliphatic carbocycles. The summed E-state index contributed by atoms with van der Waals surface area (Å²) >= 11 is 0. The van der Waals surface area contributed by atoms with E-state index >= 15 is 0 Å². The Labute approximate surface area is 187 Å². The molecule has 2 aliphatic heterocycles. The monoisotopic (exact) mass is 443 g/mol. The van der Waals surface area contributed by atoms with E-state index in [-0.39, 0.29) is 67.2 Å². The van der Waals surface area contributed by atoms with E-state index in [1.54, 1.807) is 0 Å². The average Bonchev–Trinajstić information content (AvgIpc) is 3.04.